The van der Waals surface area contributed by atoms with Crippen LogP contribution in [0.4, 0.5) is 5.82 Å². The number of nitrogens with one attached hydrogen (secondary N) is 1. The molecule has 1 aromatic rings. The molecular weight excluding hydrogens is 228 g/mol. The van der Waals surface area contributed by atoms with Gasteiger partial charge in [0.25, 0.3) is 0 Å². The smallest absolute Gasteiger partial charge is 0.228 e. The van der Waals surface area contributed by atoms with Crippen LogP contribution in [0.1, 0.15) is 44.2 Å². The van der Waals surface area contributed by atoms with Crippen molar-refractivity contribution in [1.82, 2.24) is 4.98 Å². The van der Waals surface area contributed by atoms with Crippen molar-refractivity contribution in [3.63, 3.8) is 0 Å². The van der Waals surface area contributed by atoms with Crippen LogP contribution in [-0.2, 0) is 4.79 Å². The third-order valence-electron chi connectivity index (χ3n) is 3.43. The summed E-state index contributed by atoms with van der Waals surface area (Å²) in [5, 5.41) is 13.0. The van der Waals surface area contributed by atoms with Gasteiger partial charge in [0.2, 0.25) is 5.91 Å². The van der Waals surface area contributed by atoms with Crippen LogP contribution in [0.5, 0.6) is 0 Å². The number of aliphatic hydroxyl groups is 1. The maximum Gasteiger partial charge on any atom is 0.228 e. The number of aryl methyl sites for hydroxylation is 1. The molecule has 1 amide bonds. The van der Waals surface area contributed by atoms with E-state index in [1.54, 1.807) is 6.07 Å². The summed E-state index contributed by atoms with van der Waals surface area (Å²) in [7, 11) is 0. The van der Waals surface area contributed by atoms with Crippen LogP contribution < -0.4 is 5.32 Å². The summed E-state index contributed by atoms with van der Waals surface area (Å²) in [6.07, 6.45) is 4.79. The van der Waals surface area contributed by atoms with Gasteiger partial charge < -0.3 is 10.4 Å². The van der Waals surface area contributed by atoms with E-state index in [4.69, 9.17) is 0 Å². The van der Waals surface area contributed by atoms with Crippen molar-refractivity contribution in [1.29, 1.82) is 0 Å². The standard InChI is InChI=1S/C14H20N2O2/c1-11-6-5-7-12(15-11)16-13(17)10-14(18)8-3-2-4-9-14/h5-7,18H,2-4,8-10H2,1H3,(H,15,16,17). The number of aromatic nitrogens is 1. The molecule has 4 heteroatoms. The second-order valence-corrected chi connectivity index (χ2v) is 5.17. The van der Waals surface area contributed by atoms with E-state index in [1.165, 1.54) is 0 Å². The van der Waals surface area contributed by atoms with Crippen molar-refractivity contribution in [2.75, 3.05) is 5.32 Å². The first-order chi connectivity index (χ1) is 8.57. The van der Waals surface area contributed by atoms with Crippen molar-refractivity contribution >= 4 is 11.7 Å². The Balaban J connectivity index is 1.92. The van der Waals surface area contributed by atoms with Gasteiger partial charge in [-0.25, -0.2) is 4.98 Å². The normalized spacial score (nSPS) is 18.3. The zero-order valence-corrected chi connectivity index (χ0v) is 10.8. The Morgan fingerprint density at radius 3 is 2.78 bits per heavy atom. The Morgan fingerprint density at radius 1 is 1.39 bits per heavy atom. The molecule has 1 aromatic heterocycles. The van der Waals surface area contributed by atoms with E-state index in [9.17, 15) is 9.90 Å². The summed E-state index contributed by atoms with van der Waals surface area (Å²) < 4.78 is 0. The number of anilines is 1. The minimum absolute atomic E-state index is 0.155. The Hall–Kier alpha value is -1.42. The minimum atomic E-state index is -0.813. The van der Waals surface area contributed by atoms with Gasteiger partial charge in [-0.3, -0.25) is 4.79 Å². The van der Waals surface area contributed by atoms with E-state index in [0.717, 1.165) is 37.8 Å². The SMILES string of the molecule is Cc1cccc(NC(=O)CC2(O)CCCCC2)n1. The van der Waals surface area contributed by atoms with Gasteiger partial charge in [-0.15, -0.1) is 0 Å². The molecule has 0 saturated heterocycles. The first kappa shape index (κ1) is 13.0. The molecule has 4 nitrogen and oxygen atoms in total. The van der Waals surface area contributed by atoms with Crippen molar-refractivity contribution in [3.05, 3.63) is 23.9 Å². The van der Waals surface area contributed by atoms with Crippen LogP contribution in [0.2, 0.25) is 0 Å². The largest absolute Gasteiger partial charge is 0.389 e. The number of amides is 1. The summed E-state index contributed by atoms with van der Waals surface area (Å²) in [4.78, 5) is 16.1. The van der Waals surface area contributed by atoms with Gasteiger partial charge in [0, 0.05) is 5.69 Å². The molecule has 1 aliphatic carbocycles. The second kappa shape index (κ2) is 5.48. The number of pyridine rings is 1. The molecule has 1 fully saturated rings. The minimum Gasteiger partial charge on any atom is -0.389 e. The summed E-state index contributed by atoms with van der Waals surface area (Å²) in [5.74, 6) is 0.400. The van der Waals surface area contributed by atoms with Crippen molar-refractivity contribution in [2.45, 2.75) is 51.0 Å². The van der Waals surface area contributed by atoms with Crippen LogP contribution in [0.15, 0.2) is 18.2 Å². The molecule has 18 heavy (non-hydrogen) atoms. The fourth-order valence-corrected chi connectivity index (χ4v) is 2.49. The van der Waals surface area contributed by atoms with Crippen LogP contribution >= 0.6 is 0 Å². The summed E-state index contributed by atoms with van der Waals surface area (Å²) >= 11 is 0. The van der Waals surface area contributed by atoms with Crippen molar-refractivity contribution in [2.24, 2.45) is 0 Å². The number of hydrogen-bond donors (Lipinski definition) is 2. The predicted octanol–water partition coefficient (Wildman–Crippen LogP) is 2.41. The first-order valence-corrected chi connectivity index (χ1v) is 6.53. The molecular formula is C14H20N2O2. The van der Waals surface area contributed by atoms with E-state index < -0.39 is 5.60 Å². The fraction of sp³-hybridized carbons (Fsp3) is 0.571. The lowest BCUT2D eigenvalue weighted by Gasteiger charge is -2.31. The highest BCUT2D eigenvalue weighted by Gasteiger charge is 2.31. The van der Waals surface area contributed by atoms with Crippen molar-refractivity contribution in [3.8, 4) is 0 Å². The van der Waals surface area contributed by atoms with Gasteiger partial charge in [0.15, 0.2) is 0 Å². The first-order valence-electron chi connectivity index (χ1n) is 6.53. The van der Waals surface area contributed by atoms with E-state index >= 15 is 0 Å². The molecule has 98 valence electrons. The number of hydrogen-bond acceptors (Lipinski definition) is 3. The maximum absolute atomic E-state index is 11.9. The molecule has 0 radical (unpaired) electrons. The third-order valence-corrected chi connectivity index (χ3v) is 3.43. The molecule has 0 aromatic carbocycles. The Morgan fingerprint density at radius 2 is 2.11 bits per heavy atom. The molecule has 0 unspecified atom stereocenters. The molecule has 2 N–H and O–H groups in total. The van der Waals surface area contributed by atoms with E-state index in [1.807, 2.05) is 19.1 Å². The molecule has 2 rings (SSSR count). The van der Waals surface area contributed by atoms with Gasteiger partial charge in [0.1, 0.15) is 5.82 Å². The van der Waals surface area contributed by atoms with Crippen LogP contribution in [0.3, 0.4) is 0 Å². The number of carbonyl (C=O) groups is 1. The lowest BCUT2D eigenvalue weighted by atomic mass is 9.82. The average Bonchev–Trinajstić information content (AvgIpc) is 2.28. The lowest BCUT2D eigenvalue weighted by molar-refractivity contribution is -0.122. The quantitative estimate of drug-likeness (QED) is 0.863. The highest BCUT2D eigenvalue weighted by Crippen LogP contribution is 2.30. The highest BCUT2D eigenvalue weighted by molar-refractivity contribution is 5.90. The third kappa shape index (κ3) is 3.53. The van der Waals surface area contributed by atoms with E-state index in [0.29, 0.717) is 5.82 Å². The molecule has 1 heterocycles. The van der Waals surface area contributed by atoms with Gasteiger partial charge >= 0.3 is 0 Å². The molecule has 0 atom stereocenters. The summed E-state index contributed by atoms with van der Waals surface area (Å²) in [6.45, 7) is 1.88. The highest BCUT2D eigenvalue weighted by atomic mass is 16.3. The molecule has 0 spiro atoms. The van der Waals surface area contributed by atoms with Gasteiger partial charge in [-0.1, -0.05) is 25.3 Å². The number of nitrogens with zero attached hydrogens (tertiary/aromatic N) is 1. The summed E-state index contributed by atoms with van der Waals surface area (Å²) in [5.41, 5.74) is 0.0516. The van der Waals surface area contributed by atoms with Crippen LogP contribution in [0, 0.1) is 6.92 Å². The predicted molar refractivity (Wildman–Crippen MR) is 70.3 cm³/mol. The Bertz CT molecular complexity index is 426. The average molecular weight is 248 g/mol. The van der Waals surface area contributed by atoms with E-state index in [-0.39, 0.29) is 12.3 Å². The van der Waals surface area contributed by atoms with Crippen LogP contribution in [0.25, 0.3) is 0 Å². The monoisotopic (exact) mass is 248 g/mol. The molecule has 0 bridgehead atoms. The van der Waals surface area contributed by atoms with Gasteiger partial charge in [-0.2, -0.15) is 0 Å². The van der Waals surface area contributed by atoms with Crippen molar-refractivity contribution < 1.29 is 9.90 Å². The second-order valence-electron chi connectivity index (χ2n) is 5.17. The summed E-state index contributed by atoms with van der Waals surface area (Å²) in [6, 6.07) is 5.49. The molecule has 0 aliphatic heterocycles. The lowest BCUT2D eigenvalue weighted by Crippen LogP contribution is -2.36. The van der Waals surface area contributed by atoms with Crippen LogP contribution in [-0.4, -0.2) is 21.6 Å². The van der Waals surface area contributed by atoms with Gasteiger partial charge in [0.05, 0.1) is 12.0 Å². The molecule has 1 saturated carbocycles. The zero-order chi connectivity index (χ0) is 13.0. The Labute approximate surface area is 107 Å². The topological polar surface area (TPSA) is 62.2 Å². The maximum atomic E-state index is 11.9. The number of carbonyl (C=O) groups excluding carboxylic acids is 1. The fourth-order valence-electron chi connectivity index (χ4n) is 2.49. The molecule has 1 aliphatic rings. The zero-order valence-electron chi connectivity index (χ0n) is 10.8. The Kier molecular flexibility index (Phi) is 3.97. The number of rotatable bonds is 3. The van der Waals surface area contributed by atoms with E-state index in [2.05, 4.69) is 10.3 Å². The van der Waals surface area contributed by atoms with Gasteiger partial charge in [-0.05, 0) is 31.9 Å².